The van der Waals surface area contributed by atoms with Gasteiger partial charge in [-0.05, 0) is 37.3 Å². The third-order valence-corrected chi connectivity index (χ3v) is 3.21. The molecule has 5 nitrogen and oxygen atoms in total. The maximum atomic E-state index is 11.4. The van der Waals surface area contributed by atoms with Gasteiger partial charge in [-0.3, -0.25) is 0 Å². The molecule has 0 aliphatic carbocycles. The number of nitrogens with zero attached hydrogens (tertiary/aromatic N) is 2. The lowest BCUT2D eigenvalue weighted by Crippen LogP contribution is -2.07. The highest BCUT2D eigenvalue weighted by molar-refractivity contribution is 6.30. The Morgan fingerprint density at radius 1 is 1.29 bits per heavy atom. The van der Waals surface area contributed by atoms with Gasteiger partial charge in [0.2, 0.25) is 0 Å². The van der Waals surface area contributed by atoms with Crippen molar-refractivity contribution in [1.82, 2.24) is 9.78 Å². The van der Waals surface area contributed by atoms with Crippen LogP contribution in [0.2, 0.25) is 5.02 Å². The molecule has 6 heteroatoms. The second-order valence-electron chi connectivity index (χ2n) is 4.52. The number of hydrogen-bond donors (Lipinski definition) is 1. The molecule has 0 aliphatic rings. The summed E-state index contributed by atoms with van der Waals surface area (Å²) in [5.41, 5.74) is 1.08. The van der Waals surface area contributed by atoms with Crippen molar-refractivity contribution in [2.24, 2.45) is 0 Å². The highest BCUT2D eigenvalue weighted by atomic mass is 35.5. The van der Waals surface area contributed by atoms with E-state index in [0.717, 1.165) is 5.76 Å². The van der Waals surface area contributed by atoms with Crippen molar-refractivity contribution in [3.8, 4) is 17.1 Å². The topological polar surface area (TPSA) is 68.3 Å². The van der Waals surface area contributed by atoms with Crippen molar-refractivity contribution in [3.05, 3.63) is 58.9 Å². The minimum Gasteiger partial charge on any atom is -0.477 e. The Balaban J connectivity index is 2.15. The summed E-state index contributed by atoms with van der Waals surface area (Å²) in [5, 5.41) is 14.2. The molecule has 1 N–H and O–H groups in total. The number of benzene rings is 1. The van der Waals surface area contributed by atoms with Gasteiger partial charge < -0.3 is 9.52 Å². The summed E-state index contributed by atoms with van der Waals surface area (Å²) in [4.78, 5) is 11.4. The number of rotatable bonds is 3. The maximum Gasteiger partial charge on any atom is 0.354 e. The minimum atomic E-state index is -1.07. The second-order valence-corrected chi connectivity index (χ2v) is 4.96. The quantitative estimate of drug-likeness (QED) is 0.799. The molecular formula is C15H11ClN2O3. The second kappa shape index (κ2) is 5.10. The SMILES string of the molecule is Cc1ccc(-c2cc(C(=O)O)n(-c3cccc(Cl)c3)n2)o1. The van der Waals surface area contributed by atoms with Gasteiger partial charge in [0, 0.05) is 11.1 Å². The number of halogens is 1. The predicted molar refractivity (Wildman–Crippen MR) is 78.0 cm³/mol. The monoisotopic (exact) mass is 302 g/mol. The standard InChI is InChI=1S/C15H11ClN2O3/c1-9-5-6-14(21-9)12-8-13(15(19)20)18(17-12)11-4-2-3-10(16)7-11/h2-8H,1H3,(H,19,20). The summed E-state index contributed by atoms with van der Waals surface area (Å²) in [6.45, 7) is 1.82. The third-order valence-electron chi connectivity index (χ3n) is 2.97. The van der Waals surface area contributed by atoms with E-state index < -0.39 is 5.97 Å². The number of aryl methyl sites for hydroxylation is 1. The zero-order valence-corrected chi connectivity index (χ0v) is 11.8. The lowest BCUT2D eigenvalue weighted by atomic mass is 10.3. The van der Waals surface area contributed by atoms with Crippen molar-refractivity contribution in [1.29, 1.82) is 0 Å². The molecule has 0 fully saturated rings. The van der Waals surface area contributed by atoms with E-state index in [1.54, 1.807) is 36.4 Å². The lowest BCUT2D eigenvalue weighted by Gasteiger charge is -2.04. The van der Waals surface area contributed by atoms with Gasteiger partial charge in [-0.2, -0.15) is 5.10 Å². The van der Waals surface area contributed by atoms with Crippen molar-refractivity contribution in [2.45, 2.75) is 6.92 Å². The van der Waals surface area contributed by atoms with Crippen molar-refractivity contribution in [3.63, 3.8) is 0 Å². The normalized spacial score (nSPS) is 10.8. The first-order chi connectivity index (χ1) is 10.0. The molecule has 3 rings (SSSR count). The van der Waals surface area contributed by atoms with Gasteiger partial charge >= 0.3 is 5.97 Å². The smallest absolute Gasteiger partial charge is 0.354 e. The van der Waals surface area contributed by atoms with E-state index >= 15 is 0 Å². The summed E-state index contributed by atoms with van der Waals surface area (Å²) in [7, 11) is 0. The number of aromatic carboxylic acids is 1. The number of carbonyl (C=O) groups is 1. The number of carboxylic acids is 1. The molecule has 0 atom stereocenters. The first-order valence-electron chi connectivity index (χ1n) is 6.21. The fourth-order valence-corrected chi connectivity index (χ4v) is 2.22. The summed E-state index contributed by atoms with van der Waals surface area (Å²) >= 11 is 5.95. The van der Waals surface area contributed by atoms with Crippen LogP contribution in [-0.2, 0) is 0 Å². The Labute approximate surface area is 125 Å². The summed E-state index contributed by atoms with van der Waals surface area (Å²) < 4.78 is 6.82. The molecule has 0 unspecified atom stereocenters. The molecule has 0 saturated carbocycles. The Hall–Kier alpha value is -2.53. The van der Waals surface area contributed by atoms with Gasteiger partial charge in [-0.15, -0.1) is 0 Å². The molecule has 0 aliphatic heterocycles. The number of hydrogen-bond acceptors (Lipinski definition) is 3. The fraction of sp³-hybridized carbons (Fsp3) is 0.0667. The lowest BCUT2D eigenvalue weighted by molar-refractivity contribution is 0.0687. The largest absolute Gasteiger partial charge is 0.477 e. The zero-order chi connectivity index (χ0) is 15.0. The van der Waals surface area contributed by atoms with Crippen LogP contribution in [0.4, 0.5) is 0 Å². The Bertz CT molecular complexity index is 820. The molecule has 0 saturated heterocycles. The van der Waals surface area contributed by atoms with Crippen LogP contribution < -0.4 is 0 Å². The van der Waals surface area contributed by atoms with E-state index in [9.17, 15) is 9.90 Å². The number of aromatic nitrogens is 2. The van der Waals surface area contributed by atoms with Crippen LogP contribution in [0.15, 0.2) is 46.9 Å². The average molecular weight is 303 g/mol. The van der Waals surface area contributed by atoms with Crippen LogP contribution in [0.3, 0.4) is 0 Å². The molecule has 21 heavy (non-hydrogen) atoms. The van der Waals surface area contributed by atoms with Crippen LogP contribution in [0.1, 0.15) is 16.2 Å². The Kier molecular flexibility index (Phi) is 3.27. The molecule has 106 valence electrons. The summed E-state index contributed by atoms with van der Waals surface area (Å²) in [5.74, 6) is 0.187. The predicted octanol–water partition coefficient (Wildman–Crippen LogP) is 3.79. The average Bonchev–Trinajstić information content (AvgIpc) is 3.04. The van der Waals surface area contributed by atoms with Gasteiger partial charge in [0.05, 0.1) is 5.69 Å². The van der Waals surface area contributed by atoms with E-state index in [2.05, 4.69) is 5.10 Å². The minimum absolute atomic E-state index is 0.0429. The number of furan rings is 1. The van der Waals surface area contributed by atoms with Gasteiger partial charge in [-0.1, -0.05) is 17.7 Å². The Morgan fingerprint density at radius 3 is 2.71 bits per heavy atom. The summed E-state index contributed by atoms with van der Waals surface area (Å²) in [6.07, 6.45) is 0. The van der Waals surface area contributed by atoms with E-state index in [1.807, 2.05) is 6.92 Å². The van der Waals surface area contributed by atoms with Crippen molar-refractivity contribution < 1.29 is 14.3 Å². The van der Waals surface area contributed by atoms with Crippen molar-refractivity contribution in [2.75, 3.05) is 0 Å². The van der Waals surface area contributed by atoms with Crippen LogP contribution in [-0.4, -0.2) is 20.9 Å². The van der Waals surface area contributed by atoms with Crippen LogP contribution >= 0.6 is 11.6 Å². The number of carboxylic acid groups (broad SMARTS) is 1. The fourth-order valence-electron chi connectivity index (χ4n) is 2.03. The maximum absolute atomic E-state index is 11.4. The molecule has 2 heterocycles. The van der Waals surface area contributed by atoms with Gasteiger partial charge in [0.1, 0.15) is 11.5 Å². The van der Waals surface area contributed by atoms with Gasteiger partial charge in [0.15, 0.2) is 11.5 Å². The molecule has 0 spiro atoms. The van der Waals surface area contributed by atoms with Crippen LogP contribution in [0.25, 0.3) is 17.1 Å². The molecule has 3 aromatic rings. The van der Waals surface area contributed by atoms with E-state index in [-0.39, 0.29) is 5.69 Å². The molecule has 0 amide bonds. The third kappa shape index (κ3) is 2.55. The highest BCUT2D eigenvalue weighted by Gasteiger charge is 2.18. The molecular weight excluding hydrogens is 292 g/mol. The van der Waals surface area contributed by atoms with E-state index in [0.29, 0.717) is 22.2 Å². The van der Waals surface area contributed by atoms with Crippen LogP contribution in [0.5, 0.6) is 0 Å². The first kappa shape index (κ1) is 13.5. The molecule has 2 aromatic heterocycles. The molecule has 0 bridgehead atoms. The Morgan fingerprint density at radius 2 is 2.10 bits per heavy atom. The van der Waals surface area contributed by atoms with Crippen molar-refractivity contribution >= 4 is 17.6 Å². The van der Waals surface area contributed by atoms with E-state index in [4.69, 9.17) is 16.0 Å². The van der Waals surface area contributed by atoms with Gasteiger partial charge in [0.25, 0.3) is 0 Å². The molecule has 0 radical (unpaired) electrons. The van der Waals surface area contributed by atoms with Crippen LogP contribution in [0, 0.1) is 6.92 Å². The highest BCUT2D eigenvalue weighted by Crippen LogP contribution is 2.24. The van der Waals surface area contributed by atoms with E-state index in [1.165, 1.54) is 10.7 Å². The summed E-state index contributed by atoms with van der Waals surface area (Å²) in [6, 6.07) is 11.9. The molecule has 1 aromatic carbocycles. The first-order valence-corrected chi connectivity index (χ1v) is 6.58. The van der Waals surface area contributed by atoms with Gasteiger partial charge in [-0.25, -0.2) is 9.48 Å². The zero-order valence-electron chi connectivity index (χ0n) is 11.1.